The van der Waals surface area contributed by atoms with Gasteiger partial charge in [-0.3, -0.25) is 4.99 Å². The number of aliphatic imine (C=N–C) groups is 1. The van der Waals surface area contributed by atoms with Crippen molar-refractivity contribution >= 4 is 6.21 Å². The van der Waals surface area contributed by atoms with Crippen molar-refractivity contribution in [3.8, 4) is 0 Å². The Balaban J connectivity index is 4.17. The molecule has 0 amide bonds. The van der Waals surface area contributed by atoms with E-state index in [1.807, 2.05) is 19.3 Å². The van der Waals surface area contributed by atoms with E-state index in [-0.39, 0.29) is 5.54 Å². The van der Waals surface area contributed by atoms with Crippen LogP contribution in [0.15, 0.2) is 29.3 Å². The summed E-state index contributed by atoms with van der Waals surface area (Å²) in [4.78, 5) is 4.27. The van der Waals surface area contributed by atoms with Crippen LogP contribution in [0, 0.1) is 5.92 Å². The quantitative estimate of drug-likeness (QED) is 0.695. The molecule has 3 heteroatoms. The van der Waals surface area contributed by atoms with Crippen molar-refractivity contribution < 1.29 is 0 Å². The lowest BCUT2D eigenvalue weighted by Crippen LogP contribution is -2.39. The standard InChI is InChI=1S/C14H27N3/c1-8-11(2)9-15-10-12(3)16-13(4)17-14(5,6)7/h9-11,16-17H,4,8H2,1-3,5-7H3/b12-10+,15-9-. The molecule has 0 aliphatic rings. The highest BCUT2D eigenvalue weighted by atomic mass is 15.1. The van der Waals surface area contributed by atoms with Gasteiger partial charge in [0.25, 0.3) is 0 Å². The number of nitrogens with one attached hydrogen (secondary N) is 2. The highest BCUT2D eigenvalue weighted by Gasteiger charge is 2.09. The van der Waals surface area contributed by atoms with Gasteiger partial charge >= 0.3 is 0 Å². The zero-order valence-electron chi connectivity index (χ0n) is 12.1. The van der Waals surface area contributed by atoms with Crippen molar-refractivity contribution in [2.75, 3.05) is 0 Å². The van der Waals surface area contributed by atoms with E-state index < -0.39 is 0 Å². The fourth-order valence-corrected chi connectivity index (χ4v) is 1.16. The van der Waals surface area contributed by atoms with Crippen LogP contribution in [-0.2, 0) is 0 Å². The second-order valence-electron chi connectivity index (χ2n) is 5.47. The second kappa shape index (κ2) is 7.15. The van der Waals surface area contributed by atoms with Gasteiger partial charge in [-0.15, -0.1) is 0 Å². The summed E-state index contributed by atoms with van der Waals surface area (Å²) in [6.45, 7) is 16.5. The predicted octanol–water partition coefficient (Wildman–Crippen LogP) is 3.41. The minimum Gasteiger partial charge on any atom is -0.368 e. The lowest BCUT2D eigenvalue weighted by atomic mass is 10.1. The van der Waals surface area contributed by atoms with Crippen LogP contribution in [0.25, 0.3) is 0 Å². The first-order valence-electron chi connectivity index (χ1n) is 6.18. The molecule has 0 aromatic rings. The summed E-state index contributed by atoms with van der Waals surface area (Å²) in [5.41, 5.74) is 0.996. The molecular formula is C14H27N3. The Labute approximate surface area is 106 Å². The van der Waals surface area contributed by atoms with Crippen LogP contribution in [0.2, 0.25) is 0 Å². The first-order chi connectivity index (χ1) is 7.74. The van der Waals surface area contributed by atoms with Crippen molar-refractivity contribution in [1.82, 2.24) is 10.6 Å². The van der Waals surface area contributed by atoms with Gasteiger partial charge in [0.05, 0.1) is 5.82 Å². The Kier molecular flexibility index (Phi) is 6.62. The third-order valence-electron chi connectivity index (χ3n) is 2.13. The van der Waals surface area contributed by atoms with Gasteiger partial charge in [0.15, 0.2) is 0 Å². The molecule has 0 heterocycles. The van der Waals surface area contributed by atoms with Crippen LogP contribution in [0.3, 0.4) is 0 Å². The molecule has 0 fully saturated rings. The Morgan fingerprint density at radius 1 is 1.41 bits per heavy atom. The van der Waals surface area contributed by atoms with Crippen LogP contribution >= 0.6 is 0 Å². The zero-order chi connectivity index (χ0) is 13.5. The number of allylic oxidation sites excluding steroid dienone is 1. The lowest BCUT2D eigenvalue weighted by molar-refractivity contribution is 0.460. The maximum Gasteiger partial charge on any atom is 0.0959 e. The smallest absolute Gasteiger partial charge is 0.0959 e. The summed E-state index contributed by atoms with van der Waals surface area (Å²) in [6.07, 6.45) is 4.90. The van der Waals surface area contributed by atoms with Gasteiger partial charge in [0.1, 0.15) is 0 Å². The van der Waals surface area contributed by atoms with Crippen molar-refractivity contribution in [2.45, 2.75) is 53.5 Å². The fraction of sp³-hybridized carbons (Fsp3) is 0.643. The molecule has 0 bridgehead atoms. The SMILES string of the molecule is C=C(N/C(C)=C/N=C\C(C)CC)NC(C)(C)C. The normalized spacial score (nSPS) is 14.8. The Bertz CT molecular complexity index is 295. The first-order valence-corrected chi connectivity index (χ1v) is 6.18. The van der Waals surface area contributed by atoms with Gasteiger partial charge < -0.3 is 10.6 Å². The van der Waals surface area contributed by atoms with Crippen LogP contribution in [0.4, 0.5) is 0 Å². The van der Waals surface area contributed by atoms with Gasteiger partial charge in [0, 0.05) is 23.7 Å². The summed E-state index contributed by atoms with van der Waals surface area (Å²) in [5.74, 6) is 1.32. The van der Waals surface area contributed by atoms with E-state index in [1.54, 1.807) is 0 Å². The van der Waals surface area contributed by atoms with E-state index in [0.29, 0.717) is 5.92 Å². The van der Waals surface area contributed by atoms with Gasteiger partial charge in [-0.05, 0) is 40.0 Å². The molecule has 0 aromatic heterocycles. The Morgan fingerprint density at radius 3 is 2.47 bits per heavy atom. The molecule has 0 aliphatic carbocycles. The monoisotopic (exact) mass is 237 g/mol. The molecule has 0 spiro atoms. The van der Waals surface area contributed by atoms with Crippen LogP contribution in [0.5, 0.6) is 0 Å². The molecule has 0 radical (unpaired) electrons. The van der Waals surface area contributed by atoms with E-state index in [1.165, 1.54) is 0 Å². The fourth-order valence-electron chi connectivity index (χ4n) is 1.16. The van der Waals surface area contributed by atoms with Gasteiger partial charge in [0.2, 0.25) is 0 Å². The zero-order valence-corrected chi connectivity index (χ0v) is 12.1. The van der Waals surface area contributed by atoms with Gasteiger partial charge in [-0.2, -0.15) is 0 Å². The number of hydrogen-bond donors (Lipinski definition) is 2. The highest BCUT2D eigenvalue weighted by molar-refractivity contribution is 5.60. The van der Waals surface area contributed by atoms with Crippen molar-refractivity contribution in [2.24, 2.45) is 10.9 Å². The first kappa shape index (κ1) is 15.8. The number of nitrogens with zero attached hydrogens (tertiary/aromatic N) is 1. The van der Waals surface area contributed by atoms with Gasteiger partial charge in [-0.1, -0.05) is 20.4 Å². The van der Waals surface area contributed by atoms with Crippen LogP contribution in [-0.4, -0.2) is 11.8 Å². The summed E-state index contributed by atoms with van der Waals surface area (Å²) >= 11 is 0. The molecule has 0 rings (SSSR count). The van der Waals surface area contributed by atoms with Crippen molar-refractivity contribution in [1.29, 1.82) is 0 Å². The molecule has 1 atom stereocenters. The molecular weight excluding hydrogens is 210 g/mol. The molecule has 1 unspecified atom stereocenters. The number of rotatable bonds is 6. The minimum atomic E-state index is 0.0182. The third kappa shape index (κ3) is 9.67. The molecule has 17 heavy (non-hydrogen) atoms. The molecule has 98 valence electrons. The van der Waals surface area contributed by atoms with E-state index in [4.69, 9.17) is 0 Å². The van der Waals surface area contributed by atoms with Crippen LogP contribution < -0.4 is 10.6 Å². The second-order valence-corrected chi connectivity index (χ2v) is 5.47. The predicted molar refractivity (Wildman–Crippen MR) is 76.9 cm³/mol. The maximum atomic E-state index is 4.27. The topological polar surface area (TPSA) is 36.4 Å². The highest BCUT2D eigenvalue weighted by Crippen LogP contribution is 2.02. The van der Waals surface area contributed by atoms with E-state index in [2.05, 4.69) is 56.8 Å². The van der Waals surface area contributed by atoms with Crippen molar-refractivity contribution in [3.05, 3.63) is 24.3 Å². The average Bonchev–Trinajstić information content (AvgIpc) is 2.13. The molecule has 0 aromatic carbocycles. The average molecular weight is 237 g/mol. The summed E-state index contributed by atoms with van der Waals surface area (Å²) in [6, 6.07) is 0. The summed E-state index contributed by atoms with van der Waals surface area (Å²) in [7, 11) is 0. The lowest BCUT2D eigenvalue weighted by Gasteiger charge is -2.24. The molecule has 3 nitrogen and oxygen atoms in total. The summed E-state index contributed by atoms with van der Waals surface area (Å²) in [5, 5.41) is 6.43. The third-order valence-corrected chi connectivity index (χ3v) is 2.13. The van der Waals surface area contributed by atoms with Gasteiger partial charge in [-0.25, -0.2) is 0 Å². The maximum absolute atomic E-state index is 4.27. The minimum absolute atomic E-state index is 0.0182. The van der Waals surface area contributed by atoms with E-state index >= 15 is 0 Å². The van der Waals surface area contributed by atoms with Crippen LogP contribution in [0.1, 0.15) is 48.0 Å². The van der Waals surface area contributed by atoms with Crippen molar-refractivity contribution in [3.63, 3.8) is 0 Å². The largest absolute Gasteiger partial charge is 0.368 e. The molecule has 0 saturated heterocycles. The van der Waals surface area contributed by atoms with E-state index in [0.717, 1.165) is 17.9 Å². The Hall–Kier alpha value is -1.25. The summed E-state index contributed by atoms with van der Waals surface area (Å²) < 4.78 is 0. The van der Waals surface area contributed by atoms with E-state index in [9.17, 15) is 0 Å². The molecule has 0 saturated carbocycles. The molecule has 0 aliphatic heterocycles. The number of hydrogen-bond acceptors (Lipinski definition) is 3. The molecule has 2 N–H and O–H groups in total. The Morgan fingerprint density at radius 2 is 2.00 bits per heavy atom.